The monoisotopic (exact) mass is 308 g/mol. The van der Waals surface area contributed by atoms with Crippen LogP contribution in [-0.2, 0) is 14.9 Å². The largest absolute Gasteiger partial charge is 0.395 e. The minimum absolute atomic E-state index is 0.126. The highest BCUT2D eigenvalue weighted by Gasteiger charge is 2.33. The fourth-order valence-corrected chi connectivity index (χ4v) is 4.13. The van der Waals surface area contributed by atoms with Crippen molar-refractivity contribution in [1.82, 2.24) is 9.03 Å². The first-order valence-electron chi connectivity index (χ1n) is 7.40. The fourth-order valence-electron chi connectivity index (χ4n) is 2.34. The van der Waals surface area contributed by atoms with E-state index in [0.717, 1.165) is 19.3 Å². The van der Waals surface area contributed by atoms with E-state index in [-0.39, 0.29) is 24.6 Å². The molecular formula is C13H28N2O4S. The van der Waals surface area contributed by atoms with Crippen LogP contribution < -0.4 is 4.72 Å². The zero-order chi connectivity index (χ0) is 15.2. The maximum atomic E-state index is 12.5. The van der Waals surface area contributed by atoms with E-state index in [4.69, 9.17) is 4.74 Å². The molecule has 7 heteroatoms. The Balaban J connectivity index is 2.74. The lowest BCUT2D eigenvalue weighted by molar-refractivity contribution is 0.113. The molecule has 1 saturated heterocycles. The highest BCUT2D eigenvalue weighted by molar-refractivity contribution is 7.87. The van der Waals surface area contributed by atoms with E-state index in [9.17, 15) is 13.5 Å². The Hall–Kier alpha value is -0.210. The summed E-state index contributed by atoms with van der Waals surface area (Å²) >= 11 is 0. The fraction of sp³-hybridized carbons (Fsp3) is 1.00. The topological polar surface area (TPSA) is 78.9 Å². The third-order valence-electron chi connectivity index (χ3n) is 3.70. The minimum Gasteiger partial charge on any atom is -0.395 e. The molecule has 1 heterocycles. The minimum atomic E-state index is -3.58. The molecule has 2 N–H and O–H groups in total. The van der Waals surface area contributed by atoms with E-state index < -0.39 is 10.2 Å². The molecule has 0 spiro atoms. The summed E-state index contributed by atoms with van der Waals surface area (Å²) in [6.07, 6.45) is 2.52. The number of hydrogen-bond donors (Lipinski definition) is 2. The second-order valence-corrected chi connectivity index (χ2v) is 7.23. The van der Waals surface area contributed by atoms with Crippen molar-refractivity contribution in [3.63, 3.8) is 0 Å². The summed E-state index contributed by atoms with van der Waals surface area (Å²) in [5, 5.41) is 9.35. The van der Waals surface area contributed by atoms with Crippen molar-refractivity contribution in [3.8, 4) is 0 Å². The Labute approximate surface area is 122 Å². The molecule has 0 aromatic heterocycles. The van der Waals surface area contributed by atoms with Gasteiger partial charge in [-0.05, 0) is 25.7 Å². The summed E-state index contributed by atoms with van der Waals surface area (Å²) in [5.41, 5.74) is 0. The number of aliphatic hydroxyl groups excluding tert-OH is 1. The van der Waals surface area contributed by atoms with Crippen LogP contribution in [0.15, 0.2) is 0 Å². The molecule has 0 aromatic rings. The molecule has 2 unspecified atom stereocenters. The predicted molar refractivity (Wildman–Crippen MR) is 78.6 cm³/mol. The van der Waals surface area contributed by atoms with Crippen LogP contribution in [0, 0.1) is 5.92 Å². The van der Waals surface area contributed by atoms with E-state index >= 15 is 0 Å². The van der Waals surface area contributed by atoms with Gasteiger partial charge in [-0.15, -0.1) is 0 Å². The van der Waals surface area contributed by atoms with E-state index in [0.29, 0.717) is 19.8 Å². The van der Waals surface area contributed by atoms with E-state index in [1.54, 1.807) is 0 Å². The van der Waals surface area contributed by atoms with Crippen LogP contribution in [-0.4, -0.2) is 56.3 Å². The molecule has 0 amide bonds. The van der Waals surface area contributed by atoms with Crippen molar-refractivity contribution in [3.05, 3.63) is 0 Å². The smallest absolute Gasteiger partial charge is 0.280 e. The summed E-state index contributed by atoms with van der Waals surface area (Å²) < 4.78 is 34.4. The Bertz CT molecular complexity index is 373. The van der Waals surface area contributed by atoms with E-state index in [1.807, 2.05) is 20.8 Å². The molecule has 1 rings (SSSR count). The summed E-state index contributed by atoms with van der Waals surface area (Å²) in [6.45, 7) is 7.09. The average Bonchev–Trinajstić information content (AvgIpc) is 2.43. The Morgan fingerprint density at radius 2 is 2.10 bits per heavy atom. The van der Waals surface area contributed by atoms with Crippen LogP contribution in [0.1, 0.15) is 40.0 Å². The van der Waals surface area contributed by atoms with E-state index in [1.165, 1.54) is 4.31 Å². The first-order chi connectivity index (χ1) is 9.42. The quantitative estimate of drug-likeness (QED) is 0.693. The van der Waals surface area contributed by atoms with Gasteiger partial charge < -0.3 is 9.84 Å². The lowest BCUT2D eigenvalue weighted by Crippen LogP contribution is -2.54. The lowest BCUT2D eigenvalue weighted by Gasteiger charge is -2.35. The summed E-state index contributed by atoms with van der Waals surface area (Å²) in [6, 6.07) is -0.553. The number of nitrogens with zero attached hydrogens (tertiary/aromatic N) is 1. The van der Waals surface area contributed by atoms with Gasteiger partial charge in [-0.1, -0.05) is 20.3 Å². The molecule has 20 heavy (non-hydrogen) atoms. The number of nitrogens with one attached hydrogen (secondary N) is 1. The summed E-state index contributed by atoms with van der Waals surface area (Å²) in [7, 11) is -3.58. The Kier molecular flexibility index (Phi) is 7.39. The maximum Gasteiger partial charge on any atom is 0.280 e. The number of hydrogen-bond acceptors (Lipinski definition) is 4. The van der Waals surface area contributed by atoms with Crippen molar-refractivity contribution < 1.29 is 18.3 Å². The second kappa shape index (κ2) is 8.29. The molecule has 0 aliphatic carbocycles. The van der Waals surface area contributed by atoms with Crippen LogP contribution >= 0.6 is 0 Å². The highest BCUT2D eigenvalue weighted by atomic mass is 32.2. The van der Waals surface area contributed by atoms with Crippen LogP contribution in [0.5, 0.6) is 0 Å². The summed E-state index contributed by atoms with van der Waals surface area (Å²) in [5.74, 6) is 0.147. The van der Waals surface area contributed by atoms with Crippen molar-refractivity contribution in [1.29, 1.82) is 0 Å². The van der Waals surface area contributed by atoms with Crippen molar-refractivity contribution in [2.75, 3.05) is 26.4 Å². The molecule has 6 nitrogen and oxygen atoms in total. The van der Waals surface area contributed by atoms with Gasteiger partial charge in [0.25, 0.3) is 10.2 Å². The van der Waals surface area contributed by atoms with Gasteiger partial charge in [0.2, 0.25) is 0 Å². The molecule has 0 aromatic carbocycles. The van der Waals surface area contributed by atoms with Crippen LogP contribution in [0.4, 0.5) is 0 Å². The van der Waals surface area contributed by atoms with Crippen LogP contribution in [0.3, 0.4) is 0 Å². The number of aliphatic hydroxyl groups is 1. The third kappa shape index (κ3) is 4.96. The molecule has 120 valence electrons. The van der Waals surface area contributed by atoms with Gasteiger partial charge in [0.15, 0.2) is 0 Å². The molecule has 0 bridgehead atoms. The molecule has 1 aliphatic heterocycles. The molecule has 1 fully saturated rings. The summed E-state index contributed by atoms with van der Waals surface area (Å²) in [4.78, 5) is 0. The normalized spacial score (nSPS) is 23.1. The maximum absolute atomic E-state index is 12.5. The number of ether oxygens (including phenoxy) is 1. The van der Waals surface area contributed by atoms with Gasteiger partial charge in [0.05, 0.1) is 13.2 Å². The molecule has 0 saturated carbocycles. The van der Waals surface area contributed by atoms with Gasteiger partial charge in [-0.25, -0.2) is 0 Å². The van der Waals surface area contributed by atoms with Crippen molar-refractivity contribution >= 4 is 10.2 Å². The van der Waals surface area contributed by atoms with Crippen molar-refractivity contribution in [2.45, 2.75) is 52.1 Å². The second-order valence-electron chi connectivity index (χ2n) is 5.58. The molecular weight excluding hydrogens is 280 g/mol. The Morgan fingerprint density at radius 1 is 1.40 bits per heavy atom. The average molecular weight is 308 g/mol. The third-order valence-corrected chi connectivity index (χ3v) is 5.40. The first-order valence-corrected chi connectivity index (χ1v) is 8.84. The Morgan fingerprint density at radius 3 is 2.65 bits per heavy atom. The predicted octanol–water partition coefficient (Wildman–Crippen LogP) is 0.729. The zero-order valence-corrected chi connectivity index (χ0v) is 13.5. The lowest BCUT2D eigenvalue weighted by atomic mass is 10.1. The first kappa shape index (κ1) is 17.8. The SMILES string of the molecule is CCOCC(NS(=O)(=O)N1CCCCC1CO)C(C)C. The highest BCUT2D eigenvalue weighted by Crippen LogP contribution is 2.20. The molecule has 1 aliphatic rings. The van der Waals surface area contributed by atoms with Gasteiger partial charge in [0, 0.05) is 25.2 Å². The van der Waals surface area contributed by atoms with E-state index in [2.05, 4.69) is 4.72 Å². The number of piperidine rings is 1. The van der Waals surface area contributed by atoms with Gasteiger partial charge in [-0.3, -0.25) is 0 Å². The molecule has 0 radical (unpaired) electrons. The zero-order valence-electron chi connectivity index (χ0n) is 12.7. The standard InChI is InChI=1S/C13H28N2O4S/c1-4-19-10-13(11(2)3)14-20(17,18)15-8-6-5-7-12(15)9-16/h11-14,16H,4-10H2,1-3H3. The van der Waals surface area contributed by atoms with Crippen LogP contribution in [0.2, 0.25) is 0 Å². The van der Waals surface area contributed by atoms with Gasteiger partial charge in [0.1, 0.15) is 0 Å². The van der Waals surface area contributed by atoms with Crippen LogP contribution in [0.25, 0.3) is 0 Å². The van der Waals surface area contributed by atoms with Crippen molar-refractivity contribution in [2.24, 2.45) is 5.92 Å². The van der Waals surface area contributed by atoms with Gasteiger partial charge in [-0.2, -0.15) is 17.4 Å². The van der Waals surface area contributed by atoms with Gasteiger partial charge >= 0.3 is 0 Å². The number of rotatable bonds is 8. The molecule has 2 atom stereocenters.